The summed E-state index contributed by atoms with van der Waals surface area (Å²) in [5.41, 5.74) is 1.25. The third-order valence-corrected chi connectivity index (χ3v) is 3.19. The SMILES string of the molecule is CCCNCc1nc(C(C)C)ncc1OCCC(C)(C)C. The molecule has 0 saturated carbocycles. The molecule has 0 spiro atoms. The van der Waals surface area contributed by atoms with Crippen molar-refractivity contribution in [3.05, 3.63) is 17.7 Å². The first kappa shape index (κ1) is 17.9. The smallest absolute Gasteiger partial charge is 0.160 e. The molecule has 1 heterocycles. The second-order valence-corrected chi connectivity index (χ2v) is 7.03. The first-order valence-electron chi connectivity index (χ1n) is 8.03. The van der Waals surface area contributed by atoms with Crippen LogP contribution in [0.15, 0.2) is 6.20 Å². The van der Waals surface area contributed by atoms with Gasteiger partial charge in [-0.05, 0) is 24.8 Å². The number of aromatic nitrogens is 2. The van der Waals surface area contributed by atoms with Crippen LogP contribution in [0.5, 0.6) is 5.75 Å². The molecule has 0 atom stereocenters. The van der Waals surface area contributed by atoms with Crippen molar-refractivity contribution in [2.24, 2.45) is 5.41 Å². The molecule has 0 fully saturated rings. The summed E-state index contributed by atoms with van der Waals surface area (Å²) in [7, 11) is 0. The van der Waals surface area contributed by atoms with Crippen LogP contribution in [0.25, 0.3) is 0 Å². The van der Waals surface area contributed by atoms with E-state index in [0.29, 0.717) is 12.5 Å². The second kappa shape index (κ2) is 8.32. The molecule has 1 N–H and O–H groups in total. The van der Waals surface area contributed by atoms with Crippen LogP contribution in [0, 0.1) is 5.41 Å². The highest BCUT2D eigenvalue weighted by Crippen LogP contribution is 2.22. The fourth-order valence-electron chi connectivity index (χ4n) is 1.80. The van der Waals surface area contributed by atoms with Crippen LogP contribution < -0.4 is 10.1 Å². The fraction of sp³-hybridized carbons (Fsp3) is 0.765. The first-order chi connectivity index (χ1) is 9.83. The van der Waals surface area contributed by atoms with Crippen molar-refractivity contribution >= 4 is 0 Å². The Kier molecular flexibility index (Phi) is 7.09. The molecule has 0 unspecified atom stereocenters. The highest BCUT2D eigenvalue weighted by molar-refractivity contribution is 5.25. The molecule has 0 saturated heterocycles. The summed E-state index contributed by atoms with van der Waals surface area (Å²) in [6.45, 7) is 15.5. The molecule has 1 aromatic heterocycles. The van der Waals surface area contributed by atoms with E-state index >= 15 is 0 Å². The van der Waals surface area contributed by atoms with Crippen LogP contribution in [0.2, 0.25) is 0 Å². The van der Waals surface area contributed by atoms with E-state index in [1.54, 1.807) is 0 Å². The van der Waals surface area contributed by atoms with E-state index < -0.39 is 0 Å². The van der Waals surface area contributed by atoms with E-state index in [2.05, 4.69) is 56.8 Å². The van der Waals surface area contributed by atoms with E-state index in [1.165, 1.54) is 0 Å². The number of ether oxygens (including phenoxy) is 1. The summed E-state index contributed by atoms with van der Waals surface area (Å²) < 4.78 is 5.91. The molecule has 0 aliphatic carbocycles. The standard InChI is InChI=1S/C17H31N3O/c1-7-9-18-11-14-15(21-10-8-17(4,5)6)12-19-16(20-14)13(2)3/h12-13,18H,7-11H2,1-6H3. The van der Waals surface area contributed by atoms with Crippen LogP contribution in [0.1, 0.15) is 71.8 Å². The van der Waals surface area contributed by atoms with E-state index in [9.17, 15) is 0 Å². The molecule has 0 amide bonds. The molecule has 0 bridgehead atoms. The van der Waals surface area contributed by atoms with Crippen LogP contribution >= 0.6 is 0 Å². The van der Waals surface area contributed by atoms with Gasteiger partial charge in [-0.3, -0.25) is 0 Å². The maximum absolute atomic E-state index is 5.91. The molecule has 0 aliphatic heterocycles. The molecule has 0 radical (unpaired) electrons. The quantitative estimate of drug-likeness (QED) is 0.738. The Hall–Kier alpha value is -1.16. The Morgan fingerprint density at radius 2 is 2.00 bits per heavy atom. The van der Waals surface area contributed by atoms with Crippen molar-refractivity contribution in [1.29, 1.82) is 0 Å². The summed E-state index contributed by atoms with van der Waals surface area (Å²) in [6, 6.07) is 0. The Morgan fingerprint density at radius 1 is 1.29 bits per heavy atom. The van der Waals surface area contributed by atoms with Crippen molar-refractivity contribution in [2.75, 3.05) is 13.2 Å². The van der Waals surface area contributed by atoms with Gasteiger partial charge in [0.2, 0.25) is 0 Å². The minimum atomic E-state index is 0.277. The van der Waals surface area contributed by atoms with E-state index in [-0.39, 0.29) is 5.41 Å². The van der Waals surface area contributed by atoms with Crippen LogP contribution in [-0.2, 0) is 6.54 Å². The number of nitrogens with one attached hydrogen (secondary N) is 1. The maximum Gasteiger partial charge on any atom is 0.160 e. The van der Waals surface area contributed by atoms with E-state index in [0.717, 1.165) is 43.2 Å². The van der Waals surface area contributed by atoms with Gasteiger partial charge in [-0.15, -0.1) is 0 Å². The lowest BCUT2D eigenvalue weighted by Gasteiger charge is -2.19. The summed E-state index contributed by atoms with van der Waals surface area (Å²) in [6.07, 6.45) is 3.96. The molecule has 21 heavy (non-hydrogen) atoms. The van der Waals surface area contributed by atoms with Crippen molar-refractivity contribution in [2.45, 2.75) is 66.8 Å². The summed E-state index contributed by atoms with van der Waals surface area (Å²) >= 11 is 0. The average molecular weight is 293 g/mol. The minimum absolute atomic E-state index is 0.277. The normalized spacial score (nSPS) is 12.0. The Morgan fingerprint density at radius 3 is 2.57 bits per heavy atom. The molecule has 0 aromatic carbocycles. The van der Waals surface area contributed by atoms with Crippen LogP contribution in [0.3, 0.4) is 0 Å². The maximum atomic E-state index is 5.91. The lowest BCUT2D eigenvalue weighted by molar-refractivity contribution is 0.239. The summed E-state index contributed by atoms with van der Waals surface area (Å²) in [4.78, 5) is 9.08. The van der Waals surface area contributed by atoms with Crippen molar-refractivity contribution < 1.29 is 4.74 Å². The summed E-state index contributed by atoms with van der Waals surface area (Å²) in [5, 5.41) is 3.39. The highest BCUT2D eigenvalue weighted by atomic mass is 16.5. The zero-order valence-corrected chi connectivity index (χ0v) is 14.5. The molecule has 4 heteroatoms. The van der Waals surface area contributed by atoms with Crippen molar-refractivity contribution in [3.63, 3.8) is 0 Å². The lowest BCUT2D eigenvalue weighted by atomic mass is 9.93. The van der Waals surface area contributed by atoms with Gasteiger partial charge in [-0.2, -0.15) is 0 Å². The largest absolute Gasteiger partial charge is 0.490 e. The van der Waals surface area contributed by atoms with Crippen LogP contribution in [0.4, 0.5) is 0 Å². The topological polar surface area (TPSA) is 47.0 Å². The van der Waals surface area contributed by atoms with E-state index in [1.807, 2.05) is 6.20 Å². The van der Waals surface area contributed by atoms with Gasteiger partial charge in [0.05, 0.1) is 18.5 Å². The van der Waals surface area contributed by atoms with Crippen molar-refractivity contribution in [3.8, 4) is 5.75 Å². The molecule has 1 rings (SSSR count). The van der Waals surface area contributed by atoms with Gasteiger partial charge in [0.25, 0.3) is 0 Å². The number of hydrogen-bond donors (Lipinski definition) is 1. The third kappa shape index (κ3) is 6.89. The van der Waals surface area contributed by atoms with Gasteiger partial charge < -0.3 is 10.1 Å². The molecular weight excluding hydrogens is 262 g/mol. The Bertz CT molecular complexity index is 425. The molecule has 1 aromatic rings. The van der Waals surface area contributed by atoms with Gasteiger partial charge in [-0.25, -0.2) is 9.97 Å². The predicted molar refractivity (Wildman–Crippen MR) is 87.7 cm³/mol. The minimum Gasteiger partial charge on any atom is -0.490 e. The van der Waals surface area contributed by atoms with Crippen molar-refractivity contribution in [1.82, 2.24) is 15.3 Å². The number of rotatable bonds is 8. The van der Waals surface area contributed by atoms with Gasteiger partial charge in [0, 0.05) is 12.5 Å². The third-order valence-electron chi connectivity index (χ3n) is 3.19. The first-order valence-corrected chi connectivity index (χ1v) is 8.03. The second-order valence-electron chi connectivity index (χ2n) is 7.03. The lowest BCUT2D eigenvalue weighted by Crippen LogP contribution is -2.18. The molecule has 120 valence electrons. The van der Waals surface area contributed by atoms with Gasteiger partial charge in [-0.1, -0.05) is 41.5 Å². The highest BCUT2D eigenvalue weighted by Gasteiger charge is 2.13. The molecule has 4 nitrogen and oxygen atoms in total. The van der Waals surface area contributed by atoms with Gasteiger partial charge >= 0.3 is 0 Å². The average Bonchev–Trinajstić information content (AvgIpc) is 2.38. The molecular formula is C17H31N3O. The van der Waals surface area contributed by atoms with Gasteiger partial charge in [0.1, 0.15) is 5.82 Å². The predicted octanol–water partition coefficient (Wildman–Crippen LogP) is 3.91. The fourth-order valence-corrected chi connectivity index (χ4v) is 1.80. The molecule has 0 aliphatic rings. The zero-order valence-electron chi connectivity index (χ0n) is 14.5. The monoisotopic (exact) mass is 293 g/mol. The number of hydrogen-bond acceptors (Lipinski definition) is 4. The van der Waals surface area contributed by atoms with Crippen LogP contribution in [-0.4, -0.2) is 23.1 Å². The summed E-state index contributed by atoms with van der Waals surface area (Å²) in [5.74, 6) is 2.03. The van der Waals surface area contributed by atoms with Gasteiger partial charge in [0.15, 0.2) is 5.75 Å². The Labute approximate surface area is 129 Å². The Balaban J connectivity index is 2.75. The number of nitrogens with zero attached hydrogens (tertiary/aromatic N) is 2. The zero-order chi connectivity index (χ0) is 15.9. The van der Waals surface area contributed by atoms with E-state index in [4.69, 9.17) is 4.74 Å².